The molecule has 0 aromatic carbocycles. The molecule has 0 radical (unpaired) electrons. The molecule has 1 aromatic heterocycles. The summed E-state index contributed by atoms with van der Waals surface area (Å²) < 4.78 is 4.77. The van der Waals surface area contributed by atoms with Gasteiger partial charge in [-0.05, 0) is 6.92 Å². The third-order valence-electron chi connectivity index (χ3n) is 1.74. The lowest BCUT2D eigenvalue weighted by molar-refractivity contribution is -0.137. The molecule has 0 aliphatic carbocycles. The number of nitrogens with two attached hydrogens (primary N) is 1. The summed E-state index contributed by atoms with van der Waals surface area (Å²) in [7, 11) is 0. The first-order chi connectivity index (χ1) is 7.99. The summed E-state index contributed by atoms with van der Waals surface area (Å²) in [6.45, 7) is 1.71. The lowest BCUT2D eigenvalue weighted by atomic mass is 10.4. The molecule has 17 heavy (non-hydrogen) atoms. The van der Waals surface area contributed by atoms with Crippen molar-refractivity contribution < 1.29 is 19.2 Å². The zero-order valence-corrected chi connectivity index (χ0v) is 9.99. The van der Waals surface area contributed by atoms with E-state index < -0.39 is 12.0 Å². The molecular formula is C9H13N3O4S. The molecule has 1 atom stereocenters. The molecule has 1 heterocycles. The molecule has 4 N–H and O–H groups in total. The molecule has 94 valence electrons. The lowest BCUT2D eigenvalue weighted by Crippen LogP contribution is -2.33. The van der Waals surface area contributed by atoms with Crippen molar-refractivity contribution in [2.24, 2.45) is 5.73 Å². The van der Waals surface area contributed by atoms with Crippen LogP contribution in [0.1, 0.15) is 5.76 Å². The number of anilines is 1. The van der Waals surface area contributed by atoms with Gasteiger partial charge < -0.3 is 20.7 Å². The van der Waals surface area contributed by atoms with E-state index in [0.29, 0.717) is 11.6 Å². The average Bonchev–Trinajstić information content (AvgIpc) is 2.63. The van der Waals surface area contributed by atoms with Gasteiger partial charge in [-0.1, -0.05) is 5.16 Å². The van der Waals surface area contributed by atoms with Crippen LogP contribution in [0.15, 0.2) is 10.6 Å². The third-order valence-corrected chi connectivity index (χ3v) is 2.80. The number of aromatic nitrogens is 1. The maximum atomic E-state index is 11.4. The second-order valence-corrected chi connectivity index (χ2v) is 4.36. The number of aryl methyl sites for hydroxylation is 1. The number of nitrogens with one attached hydrogen (secondary N) is 1. The molecule has 0 aliphatic heterocycles. The van der Waals surface area contributed by atoms with Crippen molar-refractivity contribution in [1.29, 1.82) is 0 Å². The molecule has 0 spiro atoms. The number of carbonyl (C=O) groups is 2. The predicted octanol–water partition coefficient (Wildman–Crippen LogP) is 0.0666. The van der Waals surface area contributed by atoms with E-state index in [-0.39, 0.29) is 17.4 Å². The van der Waals surface area contributed by atoms with Crippen LogP contribution in [0.3, 0.4) is 0 Å². The van der Waals surface area contributed by atoms with Crippen molar-refractivity contribution in [1.82, 2.24) is 5.16 Å². The van der Waals surface area contributed by atoms with Crippen LogP contribution < -0.4 is 11.1 Å². The van der Waals surface area contributed by atoms with E-state index in [1.807, 2.05) is 0 Å². The second-order valence-electron chi connectivity index (χ2n) is 3.33. The van der Waals surface area contributed by atoms with Crippen molar-refractivity contribution in [3.63, 3.8) is 0 Å². The van der Waals surface area contributed by atoms with Crippen molar-refractivity contribution in [2.75, 3.05) is 16.8 Å². The number of rotatable bonds is 6. The molecule has 0 aliphatic rings. The van der Waals surface area contributed by atoms with Crippen LogP contribution in [0.2, 0.25) is 0 Å². The average molecular weight is 259 g/mol. The number of carboxylic acid groups (broad SMARTS) is 1. The summed E-state index contributed by atoms with van der Waals surface area (Å²) in [6, 6.07) is 0.632. The minimum absolute atomic E-state index is 0.118. The number of aliphatic carboxylic acids is 1. The molecule has 1 aromatic rings. The van der Waals surface area contributed by atoms with E-state index >= 15 is 0 Å². The Balaban J connectivity index is 2.24. The molecule has 8 heteroatoms. The monoisotopic (exact) mass is 259 g/mol. The van der Waals surface area contributed by atoms with E-state index in [2.05, 4.69) is 10.5 Å². The largest absolute Gasteiger partial charge is 0.480 e. The summed E-state index contributed by atoms with van der Waals surface area (Å²) >= 11 is 1.15. The normalized spacial score (nSPS) is 12.1. The summed E-state index contributed by atoms with van der Waals surface area (Å²) in [5.74, 6) is -0.115. The van der Waals surface area contributed by atoms with Crippen LogP contribution in [-0.2, 0) is 9.59 Å². The standard InChI is InChI=1S/C9H13N3O4S/c1-5-2-7(12-16-5)11-8(13)4-17-3-6(10)9(14)15/h2,6H,3-4,10H2,1H3,(H,14,15)(H,11,12,13)/t6-/m1/s1. The van der Waals surface area contributed by atoms with E-state index in [4.69, 9.17) is 15.4 Å². The first-order valence-electron chi connectivity index (χ1n) is 4.78. The van der Waals surface area contributed by atoms with Gasteiger partial charge >= 0.3 is 5.97 Å². The smallest absolute Gasteiger partial charge is 0.321 e. The fourth-order valence-electron chi connectivity index (χ4n) is 0.954. The van der Waals surface area contributed by atoms with Gasteiger partial charge in [0.1, 0.15) is 11.8 Å². The van der Waals surface area contributed by atoms with Crippen molar-refractivity contribution >= 4 is 29.5 Å². The number of hydrogen-bond acceptors (Lipinski definition) is 6. The van der Waals surface area contributed by atoms with Crippen molar-refractivity contribution in [2.45, 2.75) is 13.0 Å². The van der Waals surface area contributed by atoms with Crippen molar-refractivity contribution in [3.8, 4) is 0 Å². The minimum Gasteiger partial charge on any atom is -0.480 e. The number of nitrogens with zero attached hydrogens (tertiary/aromatic N) is 1. The Kier molecular flexibility index (Phi) is 4.98. The van der Waals surface area contributed by atoms with E-state index in [1.54, 1.807) is 13.0 Å². The fraction of sp³-hybridized carbons (Fsp3) is 0.444. The molecule has 1 amide bonds. The first-order valence-corrected chi connectivity index (χ1v) is 5.94. The Morgan fingerprint density at radius 2 is 2.41 bits per heavy atom. The van der Waals surface area contributed by atoms with Gasteiger partial charge in [-0.2, -0.15) is 0 Å². The highest BCUT2D eigenvalue weighted by Crippen LogP contribution is 2.08. The summed E-state index contributed by atoms with van der Waals surface area (Å²) in [6.07, 6.45) is 0. The summed E-state index contributed by atoms with van der Waals surface area (Å²) in [5, 5.41) is 14.6. The molecule has 0 saturated heterocycles. The number of carboxylic acids is 1. The Hall–Kier alpha value is -1.54. The van der Waals surface area contributed by atoms with Crippen LogP contribution in [0, 0.1) is 6.92 Å². The van der Waals surface area contributed by atoms with Gasteiger partial charge in [0.15, 0.2) is 5.82 Å². The van der Waals surface area contributed by atoms with E-state index in [1.165, 1.54) is 0 Å². The molecular weight excluding hydrogens is 246 g/mol. The highest BCUT2D eigenvalue weighted by molar-refractivity contribution is 8.00. The molecule has 1 rings (SSSR count). The zero-order valence-electron chi connectivity index (χ0n) is 9.17. The quantitative estimate of drug-likeness (QED) is 0.661. The summed E-state index contributed by atoms with van der Waals surface area (Å²) in [4.78, 5) is 21.8. The zero-order chi connectivity index (χ0) is 12.8. The highest BCUT2D eigenvalue weighted by Gasteiger charge is 2.12. The van der Waals surface area contributed by atoms with Crippen LogP contribution in [0.5, 0.6) is 0 Å². The van der Waals surface area contributed by atoms with Gasteiger partial charge in [0, 0.05) is 11.8 Å². The van der Waals surface area contributed by atoms with Gasteiger partial charge in [0.25, 0.3) is 0 Å². The predicted molar refractivity (Wildman–Crippen MR) is 62.8 cm³/mol. The summed E-state index contributed by atoms with van der Waals surface area (Å²) in [5.41, 5.74) is 5.28. The number of thioether (sulfide) groups is 1. The van der Waals surface area contributed by atoms with Crippen LogP contribution in [0.4, 0.5) is 5.82 Å². The maximum absolute atomic E-state index is 11.4. The Morgan fingerprint density at radius 3 is 2.94 bits per heavy atom. The van der Waals surface area contributed by atoms with Crippen molar-refractivity contribution in [3.05, 3.63) is 11.8 Å². The molecule has 0 bridgehead atoms. The number of hydrogen-bond donors (Lipinski definition) is 3. The fourth-order valence-corrected chi connectivity index (χ4v) is 1.73. The molecule has 0 saturated carbocycles. The second kappa shape index (κ2) is 6.26. The lowest BCUT2D eigenvalue weighted by Gasteiger charge is -2.05. The van der Waals surface area contributed by atoms with E-state index in [0.717, 1.165) is 11.8 Å². The van der Waals surface area contributed by atoms with Gasteiger partial charge in [0.05, 0.1) is 5.75 Å². The number of amides is 1. The Bertz CT molecular complexity index is 407. The SMILES string of the molecule is Cc1cc(NC(=O)CSC[C@@H](N)C(=O)O)no1. The third kappa shape index (κ3) is 4.87. The van der Waals surface area contributed by atoms with Crippen LogP contribution in [0.25, 0.3) is 0 Å². The van der Waals surface area contributed by atoms with Gasteiger partial charge in [-0.3, -0.25) is 9.59 Å². The van der Waals surface area contributed by atoms with Crippen LogP contribution in [-0.4, -0.2) is 39.7 Å². The van der Waals surface area contributed by atoms with Gasteiger partial charge in [0.2, 0.25) is 5.91 Å². The van der Waals surface area contributed by atoms with Gasteiger partial charge in [-0.25, -0.2) is 0 Å². The molecule has 0 fully saturated rings. The topological polar surface area (TPSA) is 118 Å². The minimum atomic E-state index is -1.08. The molecule has 7 nitrogen and oxygen atoms in total. The Morgan fingerprint density at radius 1 is 1.71 bits per heavy atom. The maximum Gasteiger partial charge on any atom is 0.321 e. The molecule has 0 unspecified atom stereocenters. The highest BCUT2D eigenvalue weighted by atomic mass is 32.2. The first kappa shape index (κ1) is 13.5. The van der Waals surface area contributed by atoms with Gasteiger partial charge in [-0.15, -0.1) is 11.8 Å². The number of carbonyl (C=O) groups excluding carboxylic acids is 1. The van der Waals surface area contributed by atoms with E-state index in [9.17, 15) is 9.59 Å². The van der Waals surface area contributed by atoms with Crippen LogP contribution >= 0.6 is 11.8 Å². The Labute approximate surface area is 102 Å².